The van der Waals surface area contributed by atoms with Crippen molar-refractivity contribution in [1.29, 1.82) is 0 Å². The van der Waals surface area contributed by atoms with E-state index in [0.717, 1.165) is 24.2 Å². The van der Waals surface area contributed by atoms with E-state index in [-0.39, 0.29) is 11.8 Å². The number of benzene rings is 1. The number of aryl methyl sites for hydroxylation is 1. The van der Waals surface area contributed by atoms with Crippen LogP contribution in [-0.2, 0) is 10.2 Å². The highest BCUT2D eigenvalue weighted by Gasteiger charge is 2.48. The molecule has 0 saturated heterocycles. The van der Waals surface area contributed by atoms with Gasteiger partial charge >= 0.3 is 5.97 Å². The van der Waals surface area contributed by atoms with Gasteiger partial charge < -0.3 is 9.84 Å². The van der Waals surface area contributed by atoms with Gasteiger partial charge in [-0.05, 0) is 43.9 Å². The summed E-state index contributed by atoms with van der Waals surface area (Å²) in [6.45, 7) is 4.10. The molecule has 0 aromatic heterocycles. The molecule has 0 amide bonds. The first-order valence-electron chi connectivity index (χ1n) is 5.87. The predicted octanol–water partition coefficient (Wildman–Crippen LogP) is 2.82. The molecule has 1 aromatic carbocycles. The van der Waals surface area contributed by atoms with Gasteiger partial charge in [0.05, 0.1) is 13.5 Å². The molecule has 3 heteroatoms. The van der Waals surface area contributed by atoms with Crippen LogP contribution in [0.2, 0.25) is 0 Å². The summed E-state index contributed by atoms with van der Waals surface area (Å²) in [6, 6.07) is 3.97. The van der Waals surface area contributed by atoms with Gasteiger partial charge in [0.1, 0.15) is 5.75 Å². The van der Waals surface area contributed by atoms with Crippen molar-refractivity contribution in [2.45, 2.75) is 38.5 Å². The highest BCUT2D eigenvalue weighted by molar-refractivity contribution is 5.71. The first-order valence-corrected chi connectivity index (χ1v) is 5.87. The lowest BCUT2D eigenvalue weighted by molar-refractivity contribution is -0.137. The Morgan fingerprint density at radius 1 is 1.41 bits per heavy atom. The molecule has 3 nitrogen and oxygen atoms in total. The molecular weight excluding hydrogens is 216 g/mol. The Bertz CT molecular complexity index is 459. The van der Waals surface area contributed by atoms with E-state index in [2.05, 4.69) is 13.8 Å². The molecule has 1 N–H and O–H groups in total. The van der Waals surface area contributed by atoms with Gasteiger partial charge in [-0.2, -0.15) is 0 Å². The maximum absolute atomic E-state index is 11.0. The first-order chi connectivity index (χ1) is 8.00. The fraction of sp³-hybridized carbons (Fsp3) is 0.500. The maximum atomic E-state index is 11.0. The number of rotatable bonds is 4. The van der Waals surface area contributed by atoms with Crippen molar-refractivity contribution in [3.05, 3.63) is 28.8 Å². The quantitative estimate of drug-likeness (QED) is 0.871. The highest BCUT2D eigenvalue weighted by atomic mass is 16.5. The van der Waals surface area contributed by atoms with Crippen LogP contribution in [0.4, 0.5) is 0 Å². The largest absolute Gasteiger partial charge is 0.496 e. The molecule has 92 valence electrons. The van der Waals surface area contributed by atoms with E-state index < -0.39 is 5.97 Å². The number of carboxylic acid groups (broad SMARTS) is 1. The second kappa shape index (κ2) is 4.06. The zero-order chi connectivity index (χ0) is 12.6. The monoisotopic (exact) mass is 234 g/mol. The number of hydrogen-bond acceptors (Lipinski definition) is 2. The molecule has 0 aliphatic heterocycles. The Hall–Kier alpha value is -1.51. The summed E-state index contributed by atoms with van der Waals surface area (Å²) in [5.74, 6) is 0.0947. The second-order valence-electron chi connectivity index (χ2n) is 4.94. The minimum Gasteiger partial charge on any atom is -0.496 e. The molecule has 0 bridgehead atoms. The third-order valence-electron chi connectivity index (χ3n) is 3.79. The SMILES string of the molecule is COc1ccc(C)c(C)c1C1(CC(=O)O)CC1. The molecule has 0 atom stereocenters. The number of aliphatic carboxylic acids is 1. The van der Waals surface area contributed by atoms with E-state index in [1.54, 1.807) is 7.11 Å². The molecule has 2 rings (SSSR count). The number of carbonyl (C=O) groups is 1. The van der Waals surface area contributed by atoms with Crippen LogP contribution in [0.3, 0.4) is 0 Å². The van der Waals surface area contributed by atoms with Crippen LogP contribution in [0, 0.1) is 13.8 Å². The van der Waals surface area contributed by atoms with Crippen molar-refractivity contribution in [2.75, 3.05) is 7.11 Å². The van der Waals surface area contributed by atoms with Crippen molar-refractivity contribution in [3.8, 4) is 5.75 Å². The smallest absolute Gasteiger partial charge is 0.304 e. The summed E-state index contributed by atoms with van der Waals surface area (Å²) in [7, 11) is 1.64. The van der Waals surface area contributed by atoms with Crippen LogP contribution in [0.15, 0.2) is 12.1 Å². The second-order valence-corrected chi connectivity index (χ2v) is 4.94. The van der Waals surface area contributed by atoms with Gasteiger partial charge in [-0.25, -0.2) is 0 Å². The Kier molecular flexibility index (Phi) is 2.86. The Morgan fingerprint density at radius 2 is 2.06 bits per heavy atom. The van der Waals surface area contributed by atoms with E-state index in [0.29, 0.717) is 0 Å². The van der Waals surface area contributed by atoms with Gasteiger partial charge in [0.25, 0.3) is 0 Å². The van der Waals surface area contributed by atoms with Gasteiger partial charge in [-0.3, -0.25) is 4.79 Å². The number of hydrogen-bond donors (Lipinski definition) is 1. The molecule has 1 aliphatic carbocycles. The summed E-state index contributed by atoms with van der Waals surface area (Å²) < 4.78 is 5.40. The topological polar surface area (TPSA) is 46.5 Å². The van der Waals surface area contributed by atoms with E-state index in [9.17, 15) is 4.79 Å². The van der Waals surface area contributed by atoms with Crippen LogP contribution in [0.1, 0.15) is 36.0 Å². The predicted molar refractivity (Wildman–Crippen MR) is 65.6 cm³/mol. The summed E-state index contributed by atoms with van der Waals surface area (Å²) in [5, 5.41) is 9.03. The Labute approximate surface area is 101 Å². The minimum absolute atomic E-state index is 0.187. The van der Waals surface area contributed by atoms with Crippen molar-refractivity contribution < 1.29 is 14.6 Å². The molecular formula is C14H18O3. The van der Waals surface area contributed by atoms with E-state index in [4.69, 9.17) is 9.84 Å². The van der Waals surface area contributed by atoms with Crippen LogP contribution in [0.25, 0.3) is 0 Å². The molecule has 1 aromatic rings. The minimum atomic E-state index is -0.731. The molecule has 0 unspecified atom stereocenters. The molecule has 0 spiro atoms. The zero-order valence-electron chi connectivity index (χ0n) is 10.5. The van der Waals surface area contributed by atoms with Crippen LogP contribution in [0.5, 0.6) is 5.75 Å². The van der Waals surface area contributed by atoms with Gasteiger partial charge in [-0.15, -0.1) is 0 Å². The summed E-state index contributed by atoms with van der Waals surface area (Å²) in [5.41, 5.74) is 3.27. The normalized spacial score (nSPS) is 16.6. The third-order valence-corrected chi connectivity index (χ3v) is 3.79. The lowest BCUT2D eigenvalue weighted by Gasteiger charge is -2.21. The molecule has 17 heavy (non-hydrogen) atoms. The summed E-state index contributed by atoms with van der Waals surface area (Å²) in [4.78, 5) is 11.0. The lowest BCUT2D eigenvalue weighted by Crippen LogP contribution is -2.16. The van der Waals surface area contributed by atoms with Crippen LogP contribution < -0.4 is 4.74 Å². The lowest BCUT2D eigenvalue weighted by atomic mass is 9.86. The van der Waals surface area contributed by atoms with E-state index in [1.165, 1.54) is 11.1 Å². The van der Waals surface area contributed by atoms with Crippen molar-refractivity contribution in [3.63, 3.8) is 0 Å². The van der Waals surface area contributed by atoms with Crippen molar-refractivity contribution in [2.24, 2.45) is 0 Å². The van der Waals surface area contributed by atoms with E-state index >= 15 is 0 Å². The first kappa shape index (κ1) is 12.0. The zero-order valence-corrected chi connectivity index (χ0v) is 10.5. The van der Waals surface area contributed by atoms with Crippen LogP contribution in [-0.4, -0.2) is 18.2 Å². The van der Waals surface area contributed by atoms with Gasteiger partial charge in [0, 0.05) is 11.0 Å². The van der Waals surface area contributed by atoms with Crippen molar-refractivity contribution >= 4 is 5.97 Å². The number of carboxylic acids is 1. The average Bonchev–Trinajstić information content (AvgIpc) is 3.01. The average molecular weight is 234 g/mol. The number of methoxy groups -OCH3 is 1. The molecule has 1 aliphatic rings. The van der Waals surface area contributed by atoms with Crippen molar-refractivity contribution in [1.82, 2.24) is 0 Å². The third kappa shape index (κ3) is 2.02. The van der Waals surface area contributed by atoms with Gasteiger partial charge in [0.2, 0.25) is 0 Å². The molecule has 0 radical (unpaired) electrons. The van der Waals surface area contributed by atoms with Gasteiger partial charge in [0.15, 0.2) is 0 Å². The fourth-order valence-electron chi connectivity index (χ4n) is 2.58. The Balaban J connectivity index is 2.50. The Morgan fingerprint density at radius 3 is 2.53 bits per heavy atom. The summed E-state index contributed by atoms with van der Waals surface area (Å²) >= 11 is 0. The molecule has 1 saturated carbocycles. The fourth-order valence-corrected chi connectivity index (χ4v) is 2.58. The van der Waals surface area contributed by atoms with Gasteiger partial charge in [-0.1, -0.05) is 6.07 Å². The van der Waals surface area contributed by atoms with Crippen LogP contribution >= 0.6 is 0 Å². The molecule has 0 heterocycles. The standard InChI is InChI=1S/C14H18O3/c1-9-4-5-11(17-3)13(10(9)2)14(6-7-14)8-12(15)16/h4-5H,6-8H2,1-3H3,(H,15,16). The summed E-state index contributed by atoms with van der Waals surface area (Å²) in [6.07, 6.45) is 2.09. The highest BCUT2D eigenvalue weighted by Crippen LogP contribution is 2.55. The molecule has 1 fully saturated rings. The number of ether oxygens (including phenoxy) is 1. The maximum Gasteiger partial charge on any atom is 0.304 e. The van der Waals surface area contributed by atoms with E-state index in [1.807, 2.05) is 12.1 Å².